The minimum absolute atomic E-state index is 0.00857. The third-order valence-electron chi connectivity index (χ3n) is 5.67. The number of morpholine rings is 1. The molecule has 31 heavy (non-hydrogen) atoms. The average molecular weight is 477 g/mol. The average Bonchev–Trinajstić information content (AvgIpc) is 2.69. The lowest BCUT2D eigenvalue weighted by molar-refractivity contribution is -0.385. The Labute approximate surface area is 183 Å². The predicted octanol–water partition coefficient (Wildman–Crippen LogP) is 0.872. The lowest BCUT2D eigenvalue weighted by atomic mass is 10.1. The van der Waals surface area contributed by atoms with Gasteiger partial charge in [0, 0.05) is 51.4 Å². The normalized spacial score (nSPS) is 24.9. The molecule has 2 saturated heterocycles. The van der Waals surface area contributed by atoms with E-state index in [9.17, 15) is 26.9 Å². The van der Waals surface area contributed by atoms with E-state index in [0.717, 1.165) is 6.07 Å². The van der Waals surface area contributed by atoms with E-state index in [1.165, 1.54) is 19.0 Å². The van der Waals surface area contributed by atoms with Crippen molar-refractivity contribution in [2.75, 3.05) is 39.3 Å². The molecule has 0 spiro atoms. The lowest BCUT2D eigenvalue weighted by Gasteiger charge is -2.40. The van der Waals surface area contributed by atoms with Crippen LogP contribution in [0, 0.1) is 24.0 Å². The number of piperazine rings is 1. The number of nitro benzene ring substituents is 1. The molecule has 0 aromatic heterocycles. The van der Waals surface area contributed by atoms with Crippen LogP contribution in [0.2, 0.25) is 0 Å². The molecule has 0 amide bonds. The lowest BCUT2D eigenvalue weighted by Crippen LogP contribution is -2.57. The fourth-order valence-corrected chi connectivity index (χ4v) is 7.43. The van der Waals surface area contributed by atoms with Crippen LogP contribution < -0.4 is 0 Å². The number of benzene rings is 1. The molecule has 2 atom stereocenters. The van der Waals surface area contributed by atoms with Gasteiger partial charge in [-0.15, -0.1) is 0 Å². The second-order valence-electron chi connectivity index (χ2n) is 8.03. The summed E-state index contributed by atoms with van der Waals surface area (Å²) in [7, 11) is -7.75. The maximum absolute atomic E-state index is 13.2. The van der Waals surface area contributed by atoms with Crippen LogP contribution in [0.25, 0.3) is 0 Å². The number of nitrogens with zero attached hydrogens (tertiary/aromatic N) is 4. The molecule has 11 nitrogen and oxygen atoms in total. The number of hydrogen-bond acceptors (Lipinski definition) is 7. The molecule has 1 aromatic rings. The summed E-state index contributed by atoms with van der Waals surface area (Å²) in [5.41, 5.74) is 0.653. The smallest absolute Gasteiger partial charge is 0.282 e. The van der Waals surface area contributed by atoms with Gasteiger partial charge in [-0.1, -0.05) is 0 Å². The summed E-state index contributed by atoms with van der Waals surface area (Å²) < 4.78 is 61.9. The topological polar surface area (TPSA) is 130 Å². The number of sulfonamides is 1. The highest BCUT2D eigenvalue weighted by atomic mass is 32.2. The highest BCUT2D eigenvalue weighted by molar-refractivity contribution is 7.89. The Bertz CT molecular complexity index is 1060. The van der Waals surface area contributed by atoms with Gasteiger partial charge in [-0.2, -0.15) is 21.3 Å². The van der Waals surface area contributed by atoms with E-state index in [2.05, 4.69) is 0 Å². The Morgan fingerprint density at radius 2 is 1.45 bits per heavy atom. The highest BCUT2D eigenvalue weighted by Gasteiger charge is 2.39. The summed E-state index contributed by atoms with van der Waals surface area (Å²) >= 11 is 0. The Morgan fingerprint density at radius 3 is 1.97 bits per heavy atom. The summed E-state index contributed by atoms with van der Waals surface area (Å²) in [6, 6.07) is 2.40. The van der Waals surface area contributed by atoms with Gasteiger partial charge in [0.1, 0.15) is 0 Å². The standard InChI is InChI=1S/C18H28N4O7S2/c1-13-9-17(22(23)24)10-18(16(13)4)30(25,26)19-5-7-20(8-6-19)31(27,28)21-11-14(2)29-15(3)12-21/h9-10,14-15H,5-8,11-12H2,1-4H3. The minimum atomic E-state index is -4.01. The third kappa shape index (κ3) is 4.76. The van der Waals surface area contributed by atoms with Crippen molar-refractivity contribution in [1.82, 2.24) is 12.9 Å². The number of aryl methyl sites for hydroxylation is 1. The van der Waals surface area contributed by atoms with Crippen LogP contribution >= 0.6 is 0 Å². The second-order valence-corrected chi connectivity index (χ2v) is 11.9. The Kier molecular flexibility index (Phi) is 6.75. The van der Waals surface area contributed by atoms with E-state index in [1.54, 1.807) is 13.8 Å². The maximum atomic E-state index is 13.2. The van der Waals surface area contributed by atoms with Crippen LogP contribution in [0.15, 0.2) is 17.0 Å². The van der Waals surface area contributed by atoms with Gasteiger partial charge in [0.25, 0.3) is 15.9 Å². The Morgan fingerprint density at radius 1 is 0.935 bits per heavy atom. The van der Waals surface area contributed by atoms with E-state index in [4.69, 9.17) is 4.74 Å². The predicted molar refractivity (Wildman–Crippen MR) is 113 cm³/mol. The van der Waals surface area contributed by atoms with Crippen LogP contribution in [-0.2, 0) is 25.0 Å². The molecule has 3 rings (SSSR count). The number of hydrogen-bond donors (Lipinski definition) is 0. The fourth-order valence-electron chi connectivity index (χ4n) is 3.94. The number of rotatable bonds is 5. The van der Waals surface area contributed by atoms with Gasteiger partial charge in [0.2, 0.25) is 10.0 Å². The van der Waals surface area contributed by atoms with Crippen molar-refractivity contribution in [2.24, 2.45) is 0 Å². The van der Waals surface area contributed by atoms with E-state index >= 15 is 0 Å². The van der Waals surface area contributed by atoms with Crippen LogP contribution in [0.4, 0.5) is 5.69 Å². The SMILES string of the molecule is Cc1cc([N+](=O)[O-])cc(S(=O)(=O)N2CCN(S(=O)(=O)N3CC(C)OC(C)C3)CC2)c1C. The van der Waals surface area contributed by atoms with Gasteiger partial charge in [0.05, 0.1) is 22.0 Å². The quantitative estimate of drug-likeness (QED) is 0.455. The summed E-state index contributed by atoms with van der Waals surface area (Å²) in [6.07, 6.45) is -0.444. The number of non-ortho nitro benzene ring substituents is 1. The first-order valence-corrected chi connectivity index (χ1v) is 12.8. The molecule has 0 bridgehead atoms. The molecule has 2 fully saturated rings. The number of ether oxygens (including phenoxy) is 1. The van der Waals surface area contributed by atoms with E-state index in [-0.39, 0.29) is 62.1 Å². The van der Waals surface area contributed by atoms with Gasteiger partial charge >= 0.3 is 0 Å². The molecular formula is C18H28N4O7S2. The van der Waals surface area contributed by atoms with Gasteiger partial charge in [-0.25, -0.2) is 8.42 Å². The fraction of sp³-hybridized carbons (Fsp3) is 0.667. The van der Waals surface area contributed by atoms with Crippen molar-refractivity contribution in [3.63, 3.8) is 0 Å². The van der Waals surface area contributed by atoms with Crippen LogP contribution in [0.3, 0.4) is 0 Å². The molecule has 0 saturated carbocycles. The Balaban J connectivity index is 1.78. The van der Waals surface area contributed by atoms with Crippen molar-refractivity contribution in [1.29, 1.82) is 0 Å². The van der Waals surface area contributed by atoms with E-state index < -0.39 is 25.2 Å². The second kappa shape index (κ2) is 8.71. The van der Waals surface area contributed by atoms with Gasteiger partial charge in [-0.05, 0) is 38.8 Å². The zero-order chi connectivity index (χ0) is 23.1. The van der Waals surface area contributed by atoms with E-state index in [0.29, 0.717) is 11.1 Å². The van der Waals surface area contributed by atoms with Crippen molar-refractivity contribution >= 4 is 25.9 Å². The molecule has 2 aliphatic rings. The summed E-state index contributed by atoms with van der Waals surface area (Å²) in [5, 5.41) is 11.2. The van der Waals surface area contributed by atoms with Crippen molar-refractivity contribution in [2.45, 2.75) is 44.8 Å². The largest absolute Gasteiger partial charge is 0.373 e. The van der Waals surface area contributed by atoms with Crippen molar-refractivity contribution in [3.05, 3.63) is 33.4 Å². The molecule has 1 aromatic carbocycles. The summed E-state index contributed by atoms with van der Waals surface area (Å²) in [5.74, 6) is 0. The zero-order valence-corrected chi connectivity index (χ0v) is 19.6. The van der Waals surface area contributed by atoms with Crippen LogP contribution in [0.5, 0.6) is 0 Å². The molecule has 174 valence electrons. The first kappa shape index (κ1) is 24.0. The van der Waals surface area contributed by atoms with E-state index in [1.807, 2.05) is 13.8 Å². The molecule has 0 radical (unpaired) electrons. The molecule has 13 heteroatoms. The molecule has 0 N–H and O–H groups in total. The highest BCUT2D eigenvalue weighted by Crippen LogP contribution is 2.29. The molecule has 2 unspecified atom stereocenters. The van der Waals surface area contributed by atoms with Gasteiger partial charge in [-0.3, -0.25) is 10.1 Å². The van der Waals surface area contributed by atoms with Crippen LogP contribution in [-0.4, -0.2) is 86.2 Å². The van der Waals surface area contributed by atoms with Crippen LogP contribution in [0.1, 0.15) is 25.0 Å². The monoisotopic (exact) mass is 476 g/mol. The first-order chi connectivity index (χ1) is 14.3. The molecule has 2 heterocycles. The van der Waals surface area contributed by atoms with Gasteiger partial charge in [0.15, 0.2) is 0 Å². The maximum Gasteiger partial charge on any atom is 0.282 e. The number of nitro groups is 1. The summed E-state index contributed by atoms with van der Waals surface area (Å²) in [6.45, 7) is 7.30. The Hall–Kier alpha value is -1.64. The minimum Gasteiger partial charge on any atom is -0.373 e. The molecular weight excluding hydrogens is 448 g/mol. The first-order valence-electron chi connectivity index (χ1n) is 10.0. The molecule has 2 aliphatic heterocycles. The molecule has 0 aliphatic carbocycles. The van der Waals surface area contributed by atoms with Gasteiger partial charge < -0.3 is 4.74 Å². The van der Waals surface area contributed by atoms with Crippen molar-refractivity contribution < 1.29 is 26.5 Å². The zero-order valence-electron chi connectivity index (χ0n) is 18.0. The third-order valence-corrected chi connectivity index (χ3v) is 9.66. The summed E-state index contributed by atoms with van der Waals surface area (Å²) in [4.78, 5) is 10.4. The van der Waals surface area contributed by atoms with Crippen molar-refractivity contribution in [3.8, 4) is 0 Å².